The number of aryl methyl sites for hydroxylation is 1. The number of nitro benzene ring substituents is 1. The lowest BCUT2D eigenvalue weighted by Gasteiger charge is -2.18. The van der Waals surface area contributed by atoms with Gasteiger partial charge in [0, 0.05) is 24.1 Å². The highest BCUT2D eigenvalue weighted by Gasteiger charge is 2.21. The maximum atomic E-state index is 13.6. The Hall–Kier alpha value is -3.09. The Morgan fingerprint density at radius 1 is 1.00 bits per heavy atom. The summed E-state index contributed by atoms with van der Waals surface area (Å²) in [6, 6.07) is 4.59. The number of fused-ring (bicyclic) bond motifs is 1. The molecule has 2 aromatic rings. The Morgan fingerprint density at radius 2 is 1.75 bits per heavy atom. The van der Waals surface area contributed by atoms with Crippen molar-refractivity contribution in [1.29, 1.82) is 0 Å². The zero-order valence-corrected chi connectivity index (χ0v) is 22.6. The molecule has 1 aromatic heterocycles. The number of hydrogen-bond acceptors (Lipinski definition) is 5. The highest BCUT2D eigenvalue weighted by molar-refractivity contribution is 5.89. The average molecular weight is 499 g/mol. The van der Waals surface area contributed by atoms with E-state index in [1.165, 1.54) is 23.3 Å². The predicted molar refractivity (Wildman–Crippen MR) is 147 cm³/mol. The second-order valence-corrected chi connectivity index (χ2v) is 9.52. The Morgan fingerprint density at radius 3 is 2.42 bits per heavy atom. The summed E-state index contributed by atoms with van der Waals surface area (Å²) in [7, 11) is 0. The molecule has 2 rings (SSSR count). The quantitative estimate of drug-likeness (QED) is 0.102. The number of ether oxygens (including phenoxy) is 2. The molecule has 0 N–H and O–H groups in total. The molecule has 7 nitrogen and oxygen atoms in total. The third-order valence-corrected chi connectivity index (χ3v) is 6.10. The average Bonchev–Trinajstić information content (AvgIpc) is 2.84. The van der Waals surface area contributed by atoms with Crippen molar-refractivity contribution in [3.63, 3.8) is 0 Å². The molecule has 0 saturated heterocycles. The van der Waals surface area contributed by atoms with Crippen molar-refractivity contribution in [2.45, 2.75) is 92.5 Å². The number of pyridine rings is 1. The molecule has 0 aliphatic carbocycles. The lowest BCUT2D eigenvalue weighted by molar-refractivity contribution is -0.384. The molecule has 0 bridgehead atoms. The van der Waals surface area contributed by atoms with Crippen LogP contribution < -0.4 is 15.0 Å². The van der Waals surface area contributed by atoms with Gasteiger partial charge in [0.15, 0.2) is 5.75 Å². The fourth-order valence-electron chi connectivity index (χ4n) is 3.97. The zero-order valence-electron chi connectivity index (χ0n) is 22.6. The van der Waals surface area contributed by atoms with Gasteiger partial charge >= 0.3 is 0 Å². The molecular weight excluding hydrogens is 456 g/mol. The normalized spacial score (nSPS) is 11.5. The third kappa shape index (κ3) is 8.54. The van der Waals surface area contributed by atoms with Gasteiger partial charge in [-0.1, -0.05) is 56.8 Å². The first kappa shape index (κ1) is 29.1. The maximum Gasteiger partial charge on any atom is 0.297 e. The second kappa shape index (κ2) is 15.1. The van der Waals surface area contributed by atoms with Crippen LogP contribution in [-0.4, -0.2) is 22.7 Å². The number of benzene rings is 1. The molecule has 0 fully saturated rings. The van der Waals surface area contributed by atoms with E-state index in [0.29, 0.717) is 29.8 Å². The molecule has 0 spiro atoms. The molecule has 0 saturated carbocycles. The van der Waals surface area contributed by atoms with Gasteiger partial charge in [-0.05, 0) is 58.6 Å². The van der Waals surface area contributed by atoms with Crippen molar-refractivity contribution < 1.29 is 14.4 Å². The van der Waals surface area contributed by atoms with Crippen molar-refractivity contribution in [3.8, 4) is 11.5 Å². The predicted octanol–water partition coefficient (Wildman–Crippen LogP) is 7.74. The highest BCUT2D eigenvalue weighted by atomic mass is 16.6. The minimum Gasteiger partial charge on any atom is -0.489 e. The van der Waals surface area contributed by atoms with Crippen molar-refractivity contribution in [3.05, 3.63) is 62.0 Å². The summed E-state index contributed by atoms with van der Waals surface area (Å²) in [5.41, 5.74) is 2.63. The van der Waals surface area contributed by atoms with E-state index in [4.69, 9.17) is 9.47 Å². The van der Waals surface area contributed by atoms with Gasteiger partial charge in [0.25, 0.3) is 11.2 Å². The van der Waals surface area contributed by atoms with Crippen molar-refractivity contribution in [2.75, 3.05) is 13.2 Å². The molecule has 0 unspecified atom stereocenters. The summed E-state index contributed by atoms with van der Waals surface area (Å²) in [6.45, 7) is 11.6. The molecule has 0 aliphatic heterocycles. The van der Waals surface area contributed by atoms with Crippen LogP contribution in [0.25, 0.3) is 10.9 Å². The number of hydrogen-bond donors (Lipinski definition) is 0. The molecule has 0 aliphatic rings. The topological polar surface area (TPSA) is 83.6 Å². The molecular formula is C29H42N2O5. The number of nitrogens with zero attached hydrogens (tertiary/aromatic N) is 2. The minimum absolute atomic E-state index is 0.0513. The molecule has 1 heterocycles. The van der Waals surface area contributed by atoms with Crippen molar-refractivity contribution in [1.82, 2.24) is 4.57 Å². The number of unbranched alkanes of at least 4 members (excludes halogenated alkanes) is 4. The summed E-state index contributed by atoms with van der Waals surface area (Å²) >= 11 is 0. The largest absolute Gasteiger partial charge is 0.489 e. The summed E-state index contributed by atoms with van der Waals surface area (Å²) < 4.78 is 13.8. The number of aromatic nitrogens is 1. The molecule has 7 heteroatoms. The Bertz CT molecular complexity index is 1130. The van der Waals surface area contributed by atoms with E-state index in [1.807, 2.05) is 13.0 Å². The summed E-state index contributed by atoms with van der Waals surface area (Å²) in [5.74, 6) is 0.557. The van der Waals surface area contributed by atoms with Gasteiger partial charge < -0.3 is 14.0 Å². The Kier molecular flexibility index (Phi) is 12.2. The number of allylic oxidation sites excluding steroid dienone is 3. The van der Waals surface area contributed by atoms with Gasteiger partial charge in [0.2, 0.25) is 5.75 Å². The number of nitro groups is 1. The fraction of sp³-hybridized carbons (Fsp3) is 0.552. The van der Waals surface area contributed by atoms with Crippen LogP contribution >= 0.6 is 0 Å². The standard InChI is InChI=1S/C29H42N2O5/c1-6-8-10-11-19-35-27-25-16-15-24(31(33)34)21-26(25)30(18-9-7-2)29(32)28(27)36-20-17-23(5)14-12-13-22(3)4/h13,15-17,21H,6-12,14,18-20H2,1-5H3/b23-17+. The molecule has 1 aromatic carbocycles. The monoisotopic (exact) mass is 498 g/mol. The van der Waals surface area contributed by atoms with E-state index in [2.05, 4.69) is 33.8 Å². The van der Waals surface area contributed by atoms with Crippen LogP contribution in [0, 0.1) is 10.1 Å². The van der Waals surface area contributed by atoms with Crippen LogP contribution in [0.15, 0.2) is 46.3 Å². The third-order valence-electron chi connectivity index (χ3n) is 6.10. The number of non-ortho nitro benzene ring substituents is 1. The van der Waals surface area contributed by atoms with E-state index in [9.17, 15) is 14.9 Å². The zero-order chi connectivity index (χ0) is 26.5. The summed E-state index contributed by atoms with van der Waals surface area (Å²) in [6.07, 6.45) is 11.9. The van der Waals surface area contributed by atoms with Gasteiger partial charge in [-0.15, -0.1) is 0 Å². The smallest absolute Gasteiger partial charge is 0.297 e. The lowest BCUT2D eigenvalue weighted by Crippen LogP contribution is -2.24. The first-order valence-electron chi connectivity index (χ1n) is 13.2. The summed E-state index contributed by atoms with van der Waals surface area (Å²) in [5, 5.41) is 12.1. The Labute approximate surface area is 215 Å². The van der Waals surface area contributed by atoms with Crippen LogP contribution in [0.1, 0.15) is 86.0 Å². The van der Waals surface area contributed by atoms with Crippen molar-refractivity contribution >= 4 is 16.6 Å². The lowest BCUT2D eigenvalue weighted by atomic mass is 10.1. The van der Waals surface area contributed by atoms with Crippen LogP contribution in [0.5, 0.6) is 11.5 Å². The van der Waals surface area contributed by atoms with E-state index >= 15 is 0 Å². The highest BCUT2D eigenvalue weighted by Crippen LogP contribution is 2.35. The first-order valence-corrected chi connectivity index (χ1v) is 13.2. The molecule has 0 radical (unpaired) electrons. The van der Waals surface area contributed by atoms with Crippen LogP contribution in [0.3, 0.4) is 0 Å². The maximum absolute atomic E-state index is 13.6. The molecule has 198 valence electrons. The first-order chi connectivity index (χ1) is 17.3. The van der Waals surface area contributed by atoms with Crippen LogP contribution in [-0.2, 0) is 6.54 Å². The van der Waals surface area contributed by atoms with E-state index in [0.717, 1.165) is 51.4 Å². The van der Waals surface area contributed by atoms with Crippen LogP contribution in [0.4, 0.5) is 5.69 Å². The van der Waals surface area contributed by atoms with Crippen molar-refractivity contribution in [2.24, 2.45) is 0 Å². The number of rotatable bonds is 16. The fourth-order valence-corrected chi connectivity index (χ4v) is 3.97. The van der Waals surface area contributed by atoms with Gasteiger partial charge in [0.05, 0.1) is 17.0 Å². The van der Waals surface area contributed by atoms with E-state index in [-0.39, 0.29) is 23.6 Å². The van der Waals surface area contributed by atoms with Gasteiger partial charge in [-0.3, -0.25) is 14.9 Å². The SMILES string of the molecule is CCCCCCOc1c(OC/C=C(\C)CCC=C(C)C)c(=O)n(CCCC)c2cc([N+](=O)[O-])ccc12. The molecule has 0 amide bonds. The van der Waals surface area contributed by atoms with Crippen LogP contribution in [0.2, 0.25) is 0 Å². The van der Waals surface area contributed by atoms with Gasteiger partial charge in [-0.2, -0.15) is 0 Å². The Balaban J connectivity index is 2.48. The van der Waals surface area contributed by atoms with Gasteiger partial charge in [0.1, 0.15) is 6.61 Å². The van der Waals surface area contributed by atoms with E-state index < -0.39 is 4.92 Å². The summed E-state index contributed by atoms with van der Waals surface area (Å²) in [4.78, 5) is 24.6. The molecule has 0 atom stereocenters. The molecule has 36 heavy (non-hydrogen) atoms. The minimum atomic E-state index is -0.438. The second-order valence-electron chi connectivity index (χ2n) is 9.52. The van der Waals surface area contributed by atoms with Gasteiger partial charge in [-0.25, -0.2) is 0 Å². The van der Waals surface area contributed by atoms with E-state index in [1.54, 1.807) is 10.6 Å².